The number of aromatic amines is 1. The second-order valence-electron chi connectivity index (χ2n) is 7.54. The van der Waals surface area contributed by atoms with Crippen LogP contribution in [0.1, 0.15) is 35.2 Å². The third-order valence-electron chi connectivity index (χ3n) is 5.51. The number of H-pyrrole nitrogens is 1. The molecule has 0 spiro atoms. The zero-order valence-electron chi connectivity index (χ0n) is 15.4. The van der Waals surface area contributed by atoms with Crippen LogP contribution in [0, 0.1) is 20.8 Å². The molecule has 1 aliphatic rings. The van der Waals surface area contributed by atoms with Gasteiger partial charge >= 0.3 is 0 Å². The first-order valence-corrected chi connectivity index (χ1v) is 10.5. The molecule has 0 bridgehead atoms. The zero-order valence-corrected chi connectivity index (χ0v) is 16.2. The summed E-state index contributed by atoms with van der Waals surface area (Å²) in [7, 11) is -3.52. The summed E-state index contributed by atoms with van der Waals surface area (Å²) in [6.07, 6.45) is 2.01. The predicted octanol–water partition coefficient (Wildman–Crippen LogP) is 4.10. The van der Waals surface area contributed by atoms with Gasteiger partial charge in [0, 0.05) is 28.6 Å². The van der Waals surface area contributed by atoms with E-state index in [4.69, 9.17) is 0 Å². The first-order valence-electron chi connectivity index (χ1n) is 8.97. The van der Waals surface area contributed by atoms with Crippen LogP contribution in [0.25, 0.3) is 10.9 Å². The number of fused-ring (bicyclic) bond motifs is 1. The maximum Gasteiger partial charge on any atom is 0.240 e. The maximum atomic E-state index is 12.9. The average molecular weight is 369 g/mol. The summed E-state index contributed by atoms with van der Waals surface area (Å²) >= 11 is 0. The maximum absolute atomic E-state index is 12.9. The molecule has 4 rings (SSSR count). The monoisotopic (exact) mass is 368 g/mol. The second kappa shape index (κ2) is 5.96. The Morgan fingerprint density at radius 3 is 2.54 bits per heavy atom. The van der Waals surface area contributed by atoms with Crippen LogP contribution < -0.4 is 4.72 Å². The van der Waals surface area contributed by atoms with Gasteiger partial charge < -0.3 is 4.98 Å². The van der Waals surface area contributed by atoms with Gasteiger partial charge in [0.05, 0.1) is 4.90 Å². The lowest BCUT2D eigenvalue weighted by Crippen LogP contribution is -2.33. The van der Waals surface area contributed by atoms with Crippen molar-refractivity contribution in [2.75, 3.05) is 6.54 Å². The molecule has 5 heteroatoms. The minimum atomic E-state index is -3.52. The normalized spacial score (nSPS) is 16.1. The van der Waals surface area contributed by atoms with Crippen LogP contribution in [0.5, 0.6) is 0 Å². The van der Waals surface area contributed by atoms with Crippen molar-refractivity contribution >= 4 is 20.9 Å². The van der Waals surface area contributed by atoms with Crippen molar-refractivity contribution in [2.24, 2.45) is 0 Å². The Labute approximate surface area is 154 Å². The summed E-state index contributed by atoms with van der Waals surface area (Å²) in [5.41, 5.74) is 5.13. The number of aryl methyl sites for hydroxylation is 3. The SMILES string of the molecule is Cc1ccc(C)c(S(=O)(=O)NCC2(c3c(C)[nH]c4ccccc34)CC2)c1. The molecule has 136 valence electrons. The van der Waals surface area contributed by atoms with Crippen LogP contribution >= 0.6 is 0 Å². The van der Waals surface area contributed by atoms with Gasteiger partial charge in [0.1, 0.15) is 0 Å². The third kappa shape index (κ3) is 2.85. The minimum absolute atomic E-state index is 0.103. The molecular formula is C21H24N2O2S. The number of sulfonamides is 1. The Kier molecular flexibility index (Phi) is 3.97. The minimum Gasteiger partial charge on any atom is -0.358 e. The summed E-state index contributed by atoms with van der Waals surface area (Å²) in [6.45, 7) is 6.26. The van der Waals surface area contributed by atoms with E-state index in [9.17, 15) is 8.42 Å². The fourth-order valence-corrected chi connectivity index (χ4v) is 5.39. The van der Waals surface area contributed by atoms with E-state index in [1.807, 2.05) is 38.1 Å². The lowest BCUT2D eigenvalue weighted by atomic mass is 9.93. The quantitative estimate of drug-likeness (QED) is 0.712. The van der Waals surface area contributed by atoms with E-state index in [2.05, 4.69) is 28.8 Å². The van der Waals surface area contributed by atoms with Crippen molar-refractivity contribution in [3.05, 3.63) is 64.8 Å². The average Bonchev–Trinajstić information content (AvgIpc) is 3.30. The molecule has 4 nitrogen and oxygen atoms in total. The Bertz CT molecular complexity index is 1090. The van der Waals surface area contributed by atoms with Gasteiger partial charge in [-0.15, -0.1) is 0 Å². The van der Waals surface area contributed by atoms with Crippen LogP contribution in [0.2, 0.25) is 0 Å². The fourth-order valence-electron chi connectivity index (χ4n) is 3.93. The molecule has 0 unspecified atom stereocenters. The van der Waals surface area contributed by atoms with E-state index in [1.54, 1.807) is 6.07 Å². The highest BCUT2D eigenvalue weighted by molar-refractivity contribution is 7.89. The molecule has 2 N–H and O–H groups in total. The molecule has 26 heavy (non-hydrogen) atoms. The molecule has 0 amide bonds. The van der Waals surface area contributed by atoms with E-state index < -0.39 is 10.0 Å². The number of hydrogen-bond donors (Lipinski definition) is 2. The number of benzene rings is 2. The summed E-state index contributed by atoms with van der Waals surface area (Å²) in [5, 5.41) is 1.20. The van der Waals surface area contributed by atoms with Crippen molar-refractivity contribution in [1.29, 1.82) is 0 Å². The van der Waals surface area contributed by atoms with Gasteiger partial charge in [0.25, 0.3) is 0 Å². The van der Waals surface area contributed by atoms with Crippen molar-refractivity contribution in [1.82, 2.24) is 9.71 Å². The number of rotatable bonds is 5. The Morgan fingerprint density at radius 1 is 1.08 bits per heavy atom. The van der Waals surface area contributed by atoms with Gasteiger partial charge in [-0.05, 0) is 62.4 Å². The summed E-state index contributed by atoms with van der Waals surface area (Å²) in [5.74, 6) is 0. The first-order chi connectivity index (χ1) is 12.3. The van der Waals surface area contributed by atoms with Crippen molar-refractivity contribution in [3.63, 3.8) is 0 Å². The Balaban J connectivity index is 1.65. The lowest BCUT2D eigenvalue weighted by Gasteiger charge is -2.18. The van der Waals surface area contributed by atoms with E-state index in [1.165, 1.54) is 10.9 Å². The van der Waals surface area contributed by atoms with Crippen LogP contribution in [-0.2, 0) is 15.4 Å². The molecular weight excluding hydrogens is 344 g/mol. The van der Waals surface area contributed by atoms with E-state index >= 15 is 0 Å². The summed E-state index contributed by atoms with van der Waals surface area (Å²) in [4.78, 5) is 3.82. The van der Waals surface area contributed by atoms with Crippen molar-refractivity contribution in [2.45, 2.75) is 43.9 Å². The smallest absolute Gasteiger partial charge is 0.240 e. The van der Waals surface area contributed by atoms with Crippen LogP contribution in [0.4, 0.5) is 0 Å². The molecule has 1 saturated carbocycles. The van der Waals surface area contributed by atoms with Crippen LogP contribution in [0.15, 0.2) is 47.4 Å². The topological polar surface area (TPSA) is 62.0 Å². The highest BCUT2D eigenvalue weighted by Crippen LogP contribution is 2.51. The largest absolute Gasteiger partial charge is 0.358 e. The molecule has 3 aromatic rings. The zero-order chi connectivity index (χ0) is 18.5. The van der Waals surface area contributed by atoms with Gasteiger partial charge in [0.15, 0.2) is 0 Å². The number of para-hydroxylation sites is 1. The highest BCUT2D eigenvalue weighted by Gasteiger charge is 2.47. The summed E-state index contributed by atoms with van der Waals surface area (Å²) in [6, 6.07) is 13.8. The highest BCUT2D eigenvalue weighted by atomic mass is 32.2. The van der Waals surface area contributed by atoms with Gasteiger partial charge in [-0.1, -0.05) is 30.3 Å². The van der Waals surface area contributed by atoms with Gasteiger partial charge in [-0.25, -0.2) is 13.1 Å². The lowest BCUT2D eigenvalue weighted by molar-refractivity contribution is 0.566. The van der Waals surface area contributed by atoms with E-state index in [-0.39, 0.29) is 5.41 Å². The molecule has 2 aromatic carbocycles. The van der Waals surface area contributed by atoms with Gasteiger partial charge in [-0.3, -0.25) is 0 Å². The first kappa shape index (κ1) is 17.3. The molecule has 1 aliphatic carbocycles. The number of nitrogens with one attached hydrogen (secondary N) is 2. The van der Waals surface area contributed by atoms with Gasteiger partial charge in [-0.2, -0.15) is 0 Å². The van der Waals surface area contributed by atoms with Crippen molar-refractivity contribution < 1.29 is 8.42 Å². The van der Waals surface area contributed by atoms with E-state index in [0.29, 0.717) is 11.4 Å². The standard InChI is InChI=1S/C21H24N2O2S/c1-14-8-9-15(2)19(12-14)26(24,25)22-13-21(10-11-21)20-16(3)23-18-7-5-4-6-17(18)20/h4-9,12,22-23H,10-11,13H2,1-3H3. The van der Waals surface area contributed by atoms with Crippen LogP contribution in [0.3, 0.4) is 0 Å². The Morgan fingerprint density at radius 2 is 1.81 bits per heavy atom. The molecule has 0 saturated heterocycles. The molecule has 0 radical (unpaired) electrons. The molecule has 1 heterocycles. The summed E-state index contributed by atoms with van der Waals surface area (Å²) < 4.78 is 28.6. The van der Waals surface area contributed by atoms with E-state index in [0.717, 1.165) is 35.2 Å². The second-order valence-corrected chi connectivity index (χ2v) is 9.28. The molecule has 1 fully saturated rings. The predicted molar refractivity (Wildman–Crippen MR) is 105 cm³/mol. The van der Waals surface area contributed by atoms with Crippen LogP contribution in [-0.4, -0.2) is 19.9 Å². The molecule has 0 atom stereocenters. The molecule has 1 aromatic heterocycles. The van der Waals surface area contributed by atoms with Crippen molar-refractivity contribution in [3.8, 4) is 0 Å². The Hall–Kier alpha value is -2.11. The third-order valence-corrected chi connectivity index (χ3v) is 7.05. The number of hydrogen-bond acceptors (Lipinski definition) is 2. The molecule has 0 aliphatic heterocycles. The number of aromatic nitrogens is 1. The van der Waals surface area contributed by atoms with Gasteiger partial charge in [0.2, 0.25) is 10.0 Å². The fraction of sp³-hybridized carbons (Fsp3) is 0.333.